The number of ether oxygens (including phenoxy) is 1. The van der Waals surface area contributed by atoms with Crippen molar-refractivity contribution in [2.24, 2.45) is 0 Å². The van der Waals surface area contributed by atoms with Crippen molar-refractivity contribution in [3.05, 3.63) is 73.1 Å². The van der Waals surface area contributed by atoms with Gasteiger partial charge >= 0.3 is 0 Å². The third-order valence-electron chi connectivity index (χ3n) is 6.31. The number of nitrogens with one attached hydrogen (secondary N) is 3. The van der Waals surface area contributed by atoms with Crippen LogP contribution in [0, 0.1) is 5.82 Å². The van der Waals surface area contributed by atoms with E-state index in [0.717, 1.165) is 38.9 Å². The molecule has 38 heavy (non-hydrogen) atoms. The van der Waals surface area contributed by atoms with Crippen LogP contribution in [0.2, 0.25) is 0 Å². The molecule has 1 aromatic carbocycles. The summed E-state index contributed by atoms with van der Waals surface area (Å²) in [5.74, 6) is -0.0316. The standard InChI is InChI=1S/C28H22FN7O2/c1-3-25(37)33-19-7-16(12-30-14-19)17-9-23-26(35-36-28(23)32-13-17)24-11-22-21(4-5-31-27(22)34-24)15-6-18(29)10-20(8-15)38-2/h4-14H,3H2,1-2H3,(H,31,34)(H,33,37)(H,32,35,36). The van der Waals surface area contributed by atoms with Crippen LogP contribution in [0.4, 0.5) is 10.1 Å². The van der Waals surface area contributed by atoms with Crippen molar-refractivity contribution < 1.29 is 13.9 Å². The lowest BCUT2D eigenvalue weighted by molar-refractivity contribution is -0.115. The predicted octanol–water partition coefficient (Wildman–Crippen LogP) is 5.73. The first kappa shape index (κ1) is 23.3. The molecule has 0 radical (unpaired) electrons. The van der Waals surface area contributed by atoms with E-state index in [-0.39, 0.29) is 11.7 Å². The van der Waals surface area contributed by atoms with E-state index in [4.69, 9.17) is 4.74 Å². The number of fused-ring (bicyclic) bond motifs is 2. The number of aromatic amines is 2. The van der Waals surface area contributed by atoms with E-state index in [2.05, 4.69) is 35.5 Å². The molecule has 5 heterocycles. The Bertz CT molecular complexity index is 1830. The number of methoxy groups -OCH3 is 1. The highest BCUT2D eigenvalue weighted by Gasteiger charge is 2.16. The van der Waals surface area contributed by atoms with Crippen LogP contribution < -0.4 is 10.1 Å². The van der Waals surface area contributed by atoms with Crippen LogP contribution >= 0.6 is 0 Å². The number of carbonyl (C=O) groups excluding carboxylic acids is 1. The van der Waals surface area contributed by atoms with Gasteiger partial charge in [0.15, 0.2) is 5.65 Å². The van der Waals surface area contributed by atoms with Crippen molar-refractivity contribution in [2.75, 3.05) is 12.4 Å². The largest absolute Gasteiger partial charge is 0.497 e. The number of halogens is 1. The van der Waals surface area contributed by atoms with Gasteiger partial charge in [0, 0.05) is 53.0 Å². The van der Waals surface area contributed by atoms with Crippen LogP contribution in [-0.2, 0) is 4.79 Å². The van der Waals surface area contributed by atoms with Crippen LogP contribution in [-0.4, -0.2) is 43.2 Å². The highest BCUT2D eigenvalue weighted by atomic mass is 19.1. The summed E-state index contributed by atoms with van der Waals surface area (Å²) < 4.78 is 19.5. The number of aromatic nitrogens is 6. The van der Waals surface area contributed by atoms with Crippen LogP contribution in [0.15, 0.2) is 67.3 Å². The molecule has 0 aliphatic heterocycles. The molecule has 0 aliphatic carbocycles. The number of hydrogen-bond acceptors (Lipinski definition) is 6. The summed E-state index contributed by atoms with van der Waals surface area (Å²) in [5.41, 5.74) is 6.43. The topological polar surface area (TPSA) is 121 Å². The molecule has 3 N–H and O–H groups in total. The second kappa shape index (κ2) is 9.40. The lowest BCUT2D eigenvalue weighted by atomic mass is 10.0. The van der Waals surface area contributed by atoms with Crippen molar-refractivity contribution in [3.63, 3.8) is 0 Å². The van der Waals surface area contributed by atoms with Gasteiger partial charge in [-0.25, -0.2) is 14.4 Å². The van der Waals surface area contributed by atoms with Gasteiger partial charge < -0.3 is 15.0 Å². The molecule has 1 amide bonds. The monoisotopic (exact) mass is 507 g/mol. The lowest BCUT2D eigenvalue weighted by Crippen LogP contribution is -2.09. The number of anilines is 1. The Balaban J connectivity index is 1.43. The fourth-order valence-corrected chi connectivity index (χ4v) is 4.43. The number of nitrogens with zero attached hydrogens (tertiary/aromatic N) is 4. The second-order valence-corrected chi connectivity index (χ2v) is 8.74. The first-order valence-corrected chi connectivity index (χ1v) is 11.9. The summed E-state index contributed by atoms with van der Waals surface area (Å²) in [6.45, 7) is 1.79. The van der Waals surface area contributed by atoms with Gasteiger partial charge in [0.05, 0.1) is 30.4 Å². The van der Waals surface area contributed by atoms with Gasteiger partial charge in [-0.05, 0) is 47.5 Å². The van der Waals surface area contributed by atoms with Crippen LogP contribution in [0.25, 0.3) is 55.7 Å². The Morgan fingerprint density at radius 1 is 1.00 bits per heavy atom. The van der Waals surface area contributed by atoms with Gasteiger partial charge in [-0.3, -0.25) is 14.9 Å². The number of amides is 1. The van der Waals surface area contributed by atoms with Gasteiger partial charge in [0.25, 0.3) is 0 Å². The van der Waals surface area contributed by atoms with E-state index >= 15 is 0 Å². The maximum Gasteiger partial charge on any atom is 0.224 e. The maximum atomic E-state index is 14.2. The van der Waals surface area contributed by atoms with Gasteiger partial charge in [0.1, 0.15) is 17.2 Å². The molecule has 5 aromatic heterocycles. The minimum atomic E-state index is -0.383. The number of rotatable bonds is 6. The fraction of sp³-hybridized carbons (Fsp3) is 0.107. The van der Waals surface area contributed by atoms with Gasteiger partial charge in [-0.2, -0.15) is 5.10 Å². The molecule has 0 saturated carbocycles. The smallest absolute Gasteiger partial charge is 0.224 e. The predicted molar refractivity (Wildman–Crippen MR) is 143 cm³/mol. The van der Waals surface area contributed by atoms with E-state index in [1.54, 1.807) is 37.8 Å². The van der Waals surface area contributed by atoms with E-state index in [1.807, 2.05) is 24.3 Å². The van der Waals surface area contributed by atoms with Crippen molar-refractivity contribution in [1.82, 2.24) is 30.1 Å². The Morgan fingerprint density at radius 2 is 1.87 bits per heavy atom. The number of benzene rings is 1. The van der Waals surface area contributed by atoms with Gasteiger partial charge in [-0.1, -0.05) is 6.92 Å². The van der Waals surface area contributed by atoms with Crippen molar-refractivity contribution >= 4 is 33.7 Å². The van der Waals surface area contributed by atoms with Crippen LogP contribution in [0.3, 0.4) is 0 Å². The molecule has 10 heteroatoms. The zero-order valence-electron chi connectivity index (χ0n) is 20.5. The summed E-state index contributed by atoms with van der Waals surface area (Å²) >= 11 is 0. The zero-order valence-corrected chi connectivity index (χ0v) is 20.5. The molecule has 6 aromatic rings. The lowest BCUT2D eigenvalue weighted by Gasteiger charge is -2.06. The molecule has 0 aliphatic rings. The van der Waals surface area contributed by atoms with E-state index < -0.39 is 0 Å². The molecule has 0 fully saturated rings. The Hall–Kier alpha value is -5.12. The Morgan fingerprint density at radius 3 is 2.71 bits per heavy atom. The highest BCUT2D eigenvalue weighted by molar-refractivity contribution is 6.00. The minimum Gasteiger partial charge on any atom is -0.497 e. The number of hydrogen-bond donors (Lipinski definition) is 3. The fourth-order valence-electron chi connectivity index (χ4n) is 4.43. The molecule has 0 unspecified atom stereocenters. The van der Waals surface area contributed by atoms with Crippen molar-refractivity contribution in [2.45, 2.75) is 13.3 Å². The molecule has 0 bridgehead atoms. The molecule has 0 saturated heterocycles. The first-order chi connectivity index (χ1) is 18.5. The Kier molecular flexibility index (Phi) is 5.76. The normalized spacial score (nSPS) is 11.2. The first-order valence-electron chi connectivity index (χ1n) is 11.9. The van der Waals surface area contributed by atoms with Crippen molar-refractivity contribution in [3.8, 4) is 39.4 Å². The van der Waals surface area contributed by atoms with E-state index in [9.17, 15) is 9.18 Å². The summed E-state index contributed by atoms with van der Waals surface area (Å²) in [7, 11) is 1.51. The average Bonchev–Trinajstić information content (AvgIpc) is 3.56. The molecular weight excluding hydrogens is 485 g/mol. The summed E-state index contributed by atoms with van der Waals surface area (Å²) in [5, 5.41) is 11.9. The molecular formula is C28H22FN7O2. The Labute approximate surface area is 216 Å². The van der Waals surface area contributed by atoms with Crippen LogP contribution in [0.5, 0.6) is 5.75 Å². The second-order valence-electron chi connectivity index (χ2n) is 8.74. The zero-order chi connectivity index (χ0) is 26.2. The maximum absolute atomic E-state index is 14.2. The van der Waals surface area contributed by atoms with Crippen LogP contribution in [0.1, 0.15) is 13.3 Å². The van der Waals surface area contributed by atoms with E-state index in [1.165, 1.54) is 19.2 Å². The van der Waals surface area contributed by atoms with Gasteiger partial charge in [0.2, 0.25) is 5.91 Å². The van der Waals surface area contributed by atoms with Crippen molar-refractivity contribution in [1.29, 1.82) is 0 Å². The van der Waals surface area contributed by atoms with Gasteiger partial charge in [-0.15, -0.1) is 0 Å². The highest BCUT2D eigenvalue weighted by Crippen LogP contribution is 2.35. The molecule has 6 rings (SSSR count). The summed E-state index contributed by atoms with van der Waals surface area (Å²) in [6, 6.07) is 12.2. The SMILES string of the molecule is CCC(=O)Nc1cncc(-c2cnc3n[nH]c(-c4cc5c(-c6cc(F)cc(OC)c6)ccnc5[nH]4)c3c2)c1. The number of carbonyl (C=O) groups is 1. The number of H-pyrrole nitrogens is 2. The molecule has 9 nitrogen and oxygen atoms in total. The summed E-state index contributed by atoms with van der Waals surface area (Å²) in [6.07, 6.45) is 7.10. The third-order valence-corrected chi connectivity index (χ3v) is 6.31. The average molecular weight is 508 g/mol. The minimum absolute atomic E-state index is 0.0851. The molecule has 188 valence electrons. The van der Waals surface area contributed by atoms with E-state index in [0.29, 0.717) is 34.7 Å². The molecule has 0 spiro atoms. The quantitative estimate of drug-likeness (QED) is 0.265. The number of pyridine rings is 3. The third kappa shape index (κ3) is 4.21. The molecule has 0 atom stereocenters. The summed E-state index contributed by atoms with van der Waals surface area (Å²) in [4.78, 5) is 28.4.